The van der Waals surface area contributed by atoms with Gasteiger partial charge in [-0.05, 0) is 53.8 Å². The molecule has 0 N–H and O–H groups in total. The Hall–Kier alpha value is -2.00. The van der Waals surface area contributed by atoms with Crippen LogP contribution in [0.2, 0.25) is 5.02 Å². The first kappa shape index (κ1) is 13.6. The van der Waals surface area contributed by atoms with Crippen molar-refractivity contribution in [1.82, 2.24) is 0 Å². The highest BCUT2D eigenvalue weighted by Crippen LogP contribution is 2.55. The maximum Gasteiger partial charge on any atom is 0.231 e. The van der Waals surface area contributed by atoms with Gasteiger partial charge in [0, 0.05) is 16.6 Å². The molecule has 112 valence electrons. The highest BCUT2D eigenvalue weighted by atomic mass is 35.5. The van der Waals surface area contributed by atoms with Crippen LogP contribution in [0.5, 0.6) is 5.75 Å². The van der Waals surface area contributed by atoms with Gasteiger partial charge in [0.1, 0.15) is 5.75 Å². The van der Waals surface area contributed by atoms with Crippen LogP contribution in [0.4, 0.5) is 5.69 Å². The van der Waals surface area contributed by atoms with E-state index in [4.69, 9.17) is 16.3 Å². The van der Waals surface area contributed by atoms with Crippen LogP contribution < -0.4 is 9.64 Å². The minimum Gasteiger partial charge on any atom is -0.497 e. The molecule has 1 aliphatic heterocycles. The number of methoxy groups -OCH3 is 1. The molecule has 4 rings (SSSR count). The number of hydrogen-bond acceptors (Lipinski definition) is 2. The molecular formula is C18H16ClNO2. The monoisotopic (exact) mass is 313 g/mol. The minimum absolute atomic E-state index is 0.143. The predicted molar refractivity (Wildman–Crippen MR) is 86.5 cm³/mol. The molecule has 0 saturated heterocycles. The maximum absolute atomic E-state index is 12.6. The lowest BCUT2D eigenvalue weighted by molar-refractivity contribution is -0.120. The van der Waals surface area contributed by atoms with E-state index in [1.165, 1.54) is 5.56 Å². The van der Waals surface area contributed by atoms with Gasteiger partial charge in [0.2, 0.25) is 5.91 Å². The Kier molecular flexibility index (Phi) is 3.12. The third-order valence-electron chi connectivity index (χ3n) is 4.55. The van der Waals surface area contributed by atoms with Gasteiger partial charge in [0.25, 0.3) is 0 Å². The molecule has 4 heteroatoms. The number of amides is 1. The van der Waals surface area contributed by atoms with E-state index in [2.05, 4.69) is 0 Å². The van der Waals surface area contributed by atoms with Gasteiger partial charge in [0.05, 0.1) is 13.7 Å². The number of carbonyl (C=O) groups is 1. The molecule has 1 amide bonds. The molecule has 0 spiro atoms. The third kappa shape index (κ3) is 2.17. The molecule has 1 saturated carbocycles. The Balaban J connectivity index is 1.67. The molecule has 1 fully saturated rings. The van der Waals surface area contributed by atoms with Gasteiger partial charge in [-0.3, -0.25) is 4.79 Å². The predicted octanol–water partition coefficient (Wildman–Crippen LogP) is 4.00. The summed E-state index contributed by atoms with van der Waals surface area (Å²) in [6, 6.07) is 13.7. The summed E-state index contributed by atoms with van der Waals surface area (Å²) in [5, 5.41) is 0.739. The topological polar surface area (TPSA) is 29.5 Å². The van der Waals surface area contributed by atoms with Gasteiger partial charge in [-0.25, -0.2) is 0 Å². The Morgan fingerprint density at radius 2 is 1.95 bits per heavy atom. The largest absolute Gasteiger partial charge is 0.497 e. The molecule has 2 aliphatic rings. The van der Waals surface area contributed by atoms with Crippen molar-refractivity contribution in [2.45, 2.75) is 18.9 Å². The third-order valence-corrected chi connectivity index (χ3v) is 4.79. The average Bonchev–Trinajstić information content (AvgIpc) is 3.33. The molecule has 0 radical (unpaired) electrons. The molecule has 2 atom stereocenters. The fraction of sp³-hybridized carbons (Fsp3) is 0.278. The molecular weight excluding hydrogens is 298 g/mol. The Bertz CT molecular complexity index is 741. The number of ether oxygens (including phenoxy) is 1. The summed E-state index contributed by atoms with van der Waals surface area (Å²) >= 11 is 6.12. The summed E-state index contributed by atoms with van der Waals surface area (Å²) < 4.78 is 5.18. The molecule has 1 heterocycles. The van der Waals surface area contributed by atoms with Crippen molar-refractivity contribution >= 4 is 23.2 Å². The summed E-state index contributed by atoms with van der Waals surface area (Å²) in [5.74, 6) is 1.57. The fourth-order valence-corrected chi connectivity index (χ4v) is 3.46. The number of rotatable bonds is 3. The van der Waals surface area contributed by atoms with Gasteiger partial charge in [-0.15, -0.1) is 0 Å². The van der Waals surface area contributed by atoms with Crippen LogP contribution in [0, 0.1) is 5.92 Å². The Labute approximate surface area is 134 Å². The lowest BCUT2D eigenvalue weighted by Crippen LogP contribution is -2.35. The van der Waals surface area contributed by atoms with E-state index >= 15 is 0 Å². The van der Waals surface area contributed by atoms with Crippen molar-refractivity contribution in [2.75, 3.05) is 12.0 Å². The minimum atomic E-state index is 0.143. The Morgan fingerprint density at radius 3 is 2.68 bits per heavy atom. The van der Waals surface area contributed by atoms with Gasteiger partial charge in [0.15, 0.2) is 0 Å². The second kappa shape index (κ2) is 5.03. The first-order valence-corrected chi connectivity index (χ1v) is 7.79. The van der Waals surface area contributed by atoms with Gasteiger partial charge >= 0.3 is 0 Å². The molecule has 0 bridgehead atoms. The number of anilines is 1. The zero-order valence-electron chi connectivity index (χ0n) is 12.3. The van der Waals surface area contributed by atoms with E-state index in [0.717, 1.165) is 28.4 Å². The van der Waals surface area contributed by atoms with Crippen LogP contribution in [0.3, 0.4) is 0 Å². The van der Waals surface area contributed by atoms with Crippen molar-refractivity contribution in [2.24, 2.45) is 5.92 Å². The first-order chi connectivity index (χ1) is 10.7. The van der Waals surface area contributed by atoms with Crippen LogP contribution in [-0.4, -0.2) is 13.0 Å². The molecule has 22 heavy (non-hydrogen) atoms. The van der Waals surface area contributed by atoms with Crippen LogP contribution in [0.15, 0.2) is 42.5 Å². The number of hydrogen-bond donors (Lipinski definition) is 0. The van der Waals surface area contributed by atoms with E-state index in [1.807, 2.05) is 47.4 Å². The lowest BCUT2D eigenvalue weighted by Gasteiger charge is -2.29. The van der Waals surface area contributed by atoms with E-state index in [-0.39, 0.29) is 11.8 Å². The molecule has 2 aromatic carbocycles. The molecule has 0 aromatic heterocycles. The van der Waals surface area contributed by atoms with Gasteiger partial charge in [-0.2, -0.15) is 0 Å². The molecule has 2 unspecified atom stereocenters. The van der Waals surface area contributed by atoms with Crippen LogP contribution in [0.25, 0.3) is 0 Å². The van der Waals surface area contributed by atoms with Crippen molar-refractivity contribution in [3.63, 3.8) is 0 Å². The smallest absolute Gasteiger partial charge is 0.231 e. The summed E-state index contributed by atoms with van der Waals surface area (Å²) in [7, 11) is 1.65. The maximum atomic E-state index is 12.6. The van der Waals surface area contributed by atoms with Gasteiger partial charge in [-0.1, -0.05) is 23.7 Å². The fourth-order valence-electron chi connectivity index (χ4n) is 3.28. The van der Waals surface area contributed by atoms with Crippen LogP contribution in [-0.2, 0) is 11.3 Å². The number of halogens is 1. The van der Waals surface area contributed by atoms with E-state index in [1.54, 1.807) is 7.11 Å². The summed E-state index contributed by atoms with van der Waals surface area (Å²) in [6.07, 6.45) is 0.950. The number of fused-ring (bicyclic) bond motifs is 3. The summed E-state index contributed by atoms with van der Waals surface area (Å²) in [4.78, 5) is 14.5. The van der Waals surface area contributed by atoms with Crippen molar-refractivity contribution in [3.8, 4) is 5.75 Å². The zero-order valence-corrected chi connectivity index (χ0v) is 13.0. The number of carbonyl (C=O) groups excluding carboxylic acids is 1. The number of benzene rings is 2. The van der Waals surface area contributed by atoms with E-state index < -0.39 is 0 Å². The SMILES string of the molecule is COc1ccc(CN2C(=O)C3CC3c3cc(Cl)ccc32)cc1. The van der Waals surface area contributed by atoms with E-state index in [9.17, 15) is 4.79 Å². The van der Waals surface area contributed by atoms with E-state index in [0.29, 0.717) is 12.5 Å². The normalized spacial score (nSPS) is 22.1. The average molecular weight is 314 g/mol. The second-order valence-corrected chi connectivity index (χ2v) is 6.36. The van der Waals surface area contributed by atoms with Crippen LogP contribution in [0.1, 0.15) is 23.5 Å². The summed E-state index contributed by atoms with van der Waals surface area (Å²) in [6.45, 7) is 0.584. The Morgan fingerprint density at radius 1 is 1.18 bits per heavy atom. The van der Waals surface area contributed by atoms with Gasteiger partial charge < -0.3 is 9.64 Å². The van der Waals surface area contributed by atoms with Crippen molar-refractivity contribution in [1.29, 1.82) is 0 Å². The highest BCUT2D eigenvalue weighted by Gasteiger charge is 2.51. The number of nitrogens with zero attached hydrogens (tertiary/aromatic N) is 1. The van der Waals surface area contributed by atoms with Crippen molar-refractivity contribution < 1.29 is 9.53 Å². The summed E-state index contributed by atoms with van der Waals surface area (Å²) in [5.41, 5.74) is 3.31. The second-order valence-electron chi connectivity index (χ2n) is 5.92. The van der Waals surface area contributed by atoms with Crippen molar-refractivity contribution in [3.05, 3.63) is 58.6 Å². The zero-order chi connectivity index (χ0) is 15.3. The standard InChI is InChI=1S/C18H16ClNO2/c1-22-13-5-2-11(3-6-13)10-20-17-7-4-12(19)8-15(17)14-9-16(14)18(20)21/h2-8,14,16H,9-10H2,1H3. The highest BCUT2D eigenvalue weighted by molar-refractivity contribution is 6.30. The molecule has 1 aliphatic carbocycles. The quantitative estimate of drug-likeness (QED) is 0.857. The van der Waals surface area contributed by atoms with Crippen LogP contribution >= 0.6 is 11.6 Å². The lowest BCUT2D eigenvalue weighted by atomic mass is 10.00. The first-order valence-electron chi connectivity index (χ1n) is 7.41. The molecule has 3 nitrogen and oxygen atoms in total. The molecule has 2 aromatic rings.